The van der Waals surface area contributed by atoms with Crippen LogP contribution in [0.5, 0.6) is 17.2 Å². The van der Waals surface area contributed by atoms with Crippen LogP contribution in [-0.2, 0) is 28.7 Å². The first kappa shape index (κ1) is 52.2. The van der Waals surface area contributed by atoms with E-state index in [0.717, 1.165) is 13.0 Å². The van der Waals surface area contributed by atoms with Crippen LogP contribution in [0.3, 0.4) is 0 Å². The minimum absolute atomic E-state index is 0.00828. The number of aromatic nitrogens is 3. The molecule has 1 atom stereocenters. The van der Waals surface area contributed by atoms with Gasteiger partial charge in [0, 0.05) is 36.0 Å². The molecule has 2 aromatic heterocycles. The molecule has 0 radical (unpaired) electrons. The largest absolute Gasteiger partial charge is 0.497 e. The lowest BCUT2D eigenvalue weighted by Crippen LogP contribution is -2.45. The lowest BCUT2D eigenvalue weighted by Gasteiger charge is -2.33. The summed E-state index contributed by atoms with van der Waals surface area (Å²) in [5.74, 6) is -2.39. The van der Waals surface area contributed by atoms with Crippen molar-refractivity contribution in [1.82, 2.24) is 15.0 Å². The third kappa shape index (κ3) is 11.1. The van der Waals surface area contributed by atoms with Crippen molar-refractivity contribution in [3.05, 3.63) is 123 Å². The second-order valence-electron chi connectivity index (χ2n) is 18.6. The van der Waals surface area contributed by atoms with Gasteiger partial charge in [0.25, 0.3) is 0 Å². The number of alkyl halides is 3. The summed E-state index contributed by atoms with van der Waals surface area (Å²) in [4.78, 5) is 44.4. The van der Waals surface area contributed by atoms with Gasteiger partial charge in [-0.1, -0.05) is 41.9 Å². The van der Waals surface area contributed by atoms with Crippen LogP contribution in [0.15, 0.2) is 72.9 Å². The first-order valence-corrected chi connectivity index (χ1v) is 23.0. The summed E-state index contributed by atoms with van der Waals surface area (Å²) in [7, 11) is 3.00. The lowest BCUT2D eigenvalue weighted by atomic mass is 9.91. The van der Waals surface area contributed by atoms with Crippen molar-refractivity contribution < 1.29 is 55.2 Å². The fourth-order valence-electron chi connectivity index (χ4n) is 8.21. The maximum atomic E-state index is 17.8. The molecule has 71 heavy (non-hydrogen) atoms. The number of carbonyl (C=O) groups is 2. The van der Waals surface area contributed by atoms with Crippen LogP contribution in [0.25, 0.3) is 22.0 Å². The Balaban J connectivity index is 1.42. The molecule has 0 saturated carbocycles. The number of ether oxygens (including phenoxy) is 5. The molecule has 13 nitrogen and oxygen atoms in total. The highest BCUT2D eigenvalue weighted by molar-refractivity contribution is 6.37. The number of anilines is 3. The fraction of sp³-hybridized carbons (Fsp3) is 0.353. The van der Waals surface area contributed by atoms with Gasteiger partial charge in [-0.3, -0.25) is 0 Å². The molecular formula is C51H51Cl2F5N6O7. The third-order valence-electron chi connectivity index (χ3n) is 11.3. The highest BCUT2D eigenvalue weighted by Gasteiger charge is 2.43. The van der Waals surface area contributed by atoms with Gasteiger partial charge < -0.3 is 33.5 Å². The maximum Gasteiger partial charge on any atom is 0.425 e. The number of carbonyl (C=O) groups excluding carboxylic acids is 2. The summed E-state index contributed by atoms with van der Waals surface area (Å²) in [5, 5.41) is -1.43. The van der Waals surface area contributed by atoms with Crippen molar-refractivity contribution in [2.75, 3.05) is 42.1 Å². The summed E-state index contributed by atoms with van der Waals surface area (Å²) in [6, 6.07) is 17.0. The Hall–Kier alpha value is -6.66. The quantitative estimate of drug-likeness (QED) is 0.0905. The molecule has 0 spiro atoms. The highest BCUT2D eigenvalue weighted by atomic mass is 35.5. The fourth-order valence-corrected chi connectivity index (χ4v) is 8.70. The first-order chi connectivity index (χ1) is 33.3. The molecule has 0 bridgehead atoms. The number of amides is 2. The first-order valence-electron chi connectivity index (χ1n) is 22.2. The van der Waals surface area contributed by atoms with E-state index in [1.54, 1.807) is 114 Å². The Labute approximate surface area is 417 Å². The van der Waals surface area contributed by atoms with Crippen molar-refractivity contribution in [2.24, 2.45) is 0 Å². The van der Waals surface area contributed by atoms with Gasteiger partial charge >= 0.3 is 18.4 Å². The van der Waals surface area contributed by atoms with E-state index in [0.29, 0.717) is 27.5 Å². The Morgan fingerprint density at radius 3 is 1.87 bits per heavy atom. The second-order valence-corrected chi connectivity index (χ2v) is 19.3. The molecule has 1 aliphatic heterocycles. The Bertz CT molecular complexity index is 2910. The van der Waals surface area contributed by atoms with Crippen LogP contribution < -0.4 is 28.9 Å². The summed E-state index contributed by atoms with van der Waals surface area (Å²) >= 11 is 13.6. The molecule has 0 aliphatic carbocycles. The Kier molecular flexibility index (Phi) is 14.9. The number of nitrogens with zero attached hydrogens (tertiary/aromatic N) is 6. The summed E-state index contributed by atoms with van der Waals surface area (Å²) in [6.45, 7) is 12.2. The molecule has 1 aliphatic rings. The molecule has 2 amide bonds. The zero-order valence-corrected chi connectivity index (χ0v) is 42.0. The van der Waals surface area contributed by atoms with Gasteiger partial charge in [-0.25, -0.2) is 28.3 Å². The number of aryl methyl sites for hydroxylation is 1. The lowest BCUT2D eigenvalue weighted by molar-refractivity contribution is -0.137. The number of halogens is 7. The van der Waals surface area contributed by atoms with Gasteiger partial charge in [-0.2, -0.15) is 23.1 Å². The molecule has 7 rings (SSSR count). The molecule has 0 fully saturated rings. The van der Waals surface area contributed by atoms with E-state index >= 15 is 22.0 Å². The van der Waals surface area contributed by atoms with E-state index in [9.17, 15) is 9.59 Å². The zero-order valence-electron chi connectivity index (χ0n) is 40.5. The number of imide groups is 1. The number of methoxy groups -OCH3 is 2. The van der Waals surface area contributed by atoms with Crippen molar-refractivity contribution in [3.8, 4) is 28.4 Å². The molecule has 3 heterocycles. The van der Waals surface area contributed by atoms with E-state index in [1.807, 2.05) is 0 Å². The van der Waals surface area contributed by atoms with Gasteiger partial charge in [0.05, 0.1) is 48.5 Å². The topological polar surface area (TPSA) is 129 Å². The number of rotatable bonds is 11. The van der Waals surface area contributed by atoms with Crippen LogP contribution in [0, 0.1) is 18.6 Å². The molecule has 6 aromatic rings. The number of pyridine rings is 1. The van der Waals surface area contributed by atoms with Crippen LogP contribution >= 0.6 is 23.2 Å². The number of hydrogen-bond donors (Lipinski definition) is 0. The number of hydrogen-bond acceptors (Lipinski definition) is 12. The molecule has 376 valence electrons. The van der Waals surface area contributed by atoms with Crippen LogP contribution in [0.4, 0.5) is 48.9 Å². The van der Waals surface area contributed by atoms with Crippen molar-refractivity contribution >= 4 is 63.6 Å². The third-order valence-corrected chi connectivity index (χ3v) is 11.8. The van der Waals surface area contributed by atoms with E-state index in [2.05, 4.69) is 15.0 Å². The summed E-state index contributed by atoms with van der Waals surface area (Å²) < 4.78 is 110. The van der Waals surface area contributed by atoms with Gasteiger partial charge in [-0.15, -0.1) is 0 Å². The molecular weight excluding hydrogens is 974 g/mol. The van der Waals surface area contributed by atoms with E-state index in [4.69, 9.17) is 46.9 Å². The second kappa shape index (κ2) is 20.2. The van der Waals surface area contributed by atoms with Crippen molar-refractivity contribution in [2.45, 2.75) is 91.9 Å². The molecule has 20 heteroatoms. The predicted molar refractivity (Wildman–Crippen MR) is 261 cm³/mol. The Morgan fingerprint density at radius 1 is 0.817 bits per heavy atom. The van der Waals surface area contributed by atoms with Crippen LogP contribution in [0.1, 0.15) is 82.3 Å². The smallest absolute Gasteiger partial charge is 0.425 e. The molecule has 1 unspecified atom stereocenters. The predicted octanol–water partition coefficient (Wildman–Crippen LogP) is 13.5. The minimum Gasteiger partial charge on any atom is -0.497 e. The molecule has 0 saturated heterocycles. The monoisotopic (exact) mass is 1020 g/mol. The normalized spacial score (nSPS) is 13.3. The standard InChI is InChI=1S/C51H51Cl2F5N6O7/c1-27-24-34(62(25-29-13-17-31(67-9)18-14-29)26-30-15-19-32(68-10)20-16-30)40(54)35(38(27)51(56,57)58)36-39(52)43-37-42(41(36)55)60-46(53)61-45(37)63(22-23-69-43)28(2)33-12-11-21-59-44(33)64(47(65)70-49(3,4)5)48(66)71-50(6,7)8/h11-21,24,28H,22-23,25-26H2,1-10H3. The Morgan fingerprint density at radius 2 is 1.37 bits per heavy atom. The van der Waals surface area contributed by atoms with E-state index < -0.39 is 85.3 Å². The zero-order chi connectivity index (χ0) is 51.9. The molecule has 0 N–H and O–H groups in total. The van der Waals surface area contributed by atoms with Gasteiger partial charge in [0.1, 0.15) is 40.6 Å². The summed E-state index contributed by atoms with van der Waals surface area (Å²) in [6.07, 6.45) is -6.06. The summed E-state index contributed by atoms with van der Waals surface area (Å²) in [5.41, 5.74) is -5.53. The minimum atomic E-state index is -5.23. The molecule has 4 aromatic carbocycles. The average Bonchev–Trinajstić information content (AvgIpc) is 3.48. The van der Waals surface area contributed by atoms with Gasteiger partial charge in [-0.05, 0) is 120 Å². The maximum absolute atomic E-state index is 17.8. The van der Waals surface area contributed by atoms with Gasteiger partial charge in [0.2, 0.25) is 5.28 Å². The van der Waals surface area contributed by atoms with E-state index in [1.165, 1.54) is 25.3 Å². The van der Waals surface area contributed by atoms with Crippen LogP contribution in [0.2, 0.25) is 10.3 Å². The SMILES string of the molecule is COc1ccc(CN(Cc2ccc(OC)cc2)c2cc(C)c(C(F)(F)F)c(-c3c(Cl)c4c5c(nc(Cl)nc5c3F)N(C(C)c3cccnc3N(C(=O)OC(C)(C)C)C(=O)OC(C)(C)C)CCO4)c2F)cc1. The van der Waals surface area contributed by atoms with Gasteiger partial charge in [0.15, 0.2) is 23.2 Å². The van der Waals surface area contributed by atoms with E-state index in [-0.39, 0.29) is 60.3 Å². The van der Waals surface area contributed by atoms with Crippen molar-refractivity contribution in [3.63, 3.8) is 0 Å². The average molecular weight is 1030 g/mol. The van der Waals surface area contributed by atoms with Crippen LogP contribution in [-0.4, -0.2) is 65.7 Å². The highest BCUT2D eigenvalue weighted by Crippen LogP contribution is 2.53. The number of benzene rings is 4. The van der Waals surface area contributed by atoms with Crippen molar-refractivity contribution in [1.29, 1.82) is 0 Å².